The zero-order valence-electron chi connectivity index (χ0n) is 8.85. The first-order valence-corrected chi connectivity index (χ1v) is 9.81. The van der Waals surface area contributed by atoms with Crippen molar-refractivity contribution >= 4 is 46.5 Å². The summed E-state index contributed by atoms with van der Waals surface area (Å²) in [6, 6.07) is 0. The molecule has 0 aliphatic carbocycles. The van der Waals surface area contributed by atoms with Crippen molar-refractivity contribution in [2.24, 2.45) is 10.3 Å². The molecule has 0 aromatic carbocycles. The van der Waals surface area contributed by atoms with Gasteiger partial charge in [0.05, 0.1) is 4.75 Å². The number of nitrogens with one attached hydrogen (secondary N) is 1. The van der Waals surface area contributed by atoms with E-state index in [0.29, 0.717) is 23.1 Å². The molecule has 0 aromatic rings. The number of carbonyl (C=O) groups excluding carboxylic acids is 1. The van der Waals surface area contributed by atoms with E-state index in [-0.39, 0.29) is 5.91 Å². The van der Waals surface area contributed by atoms with Crippen molar-refractivity contribution in [3.05, 3.63) is 0 Å². The standard InChI is InChI=1S/C6H16N3O2PS3/c1-4-13-6(2,3)5(10)9-12(11,14-7)15-8/h4,7-8H2,1-3H3,(H,9,10,11). The van der Waals surface area contributed by atoms with Gasteiger partial charge >= 0.3 is 5.70 Å². The SMILES string of the molecule is CCSC(C)(C)C(=O)NP(=O)(SN)SN. The third-order valence-corrected chi connectivity index (χ3v) is 7.56. The second kappa shape index (κ2) is 6.42. The van der Waals surface area contributed by atoms with Crippen molar-refractivity contribution in [3.63, 3.8) is 0 Å². The van der Waals surface area contributed by atoms with Crippen LogP contribution in [0.1, 0.15) is 20.8 Å². The monoisotopic (exact) mass is 289 g/mol. The van der Waals surface area contributed by atoms with Crippen LogP contribution in [0.3, 0.4) is 0 Å². The number of hydrogen-bond acceptors (Lipinski definition) is 7. The predicted octanol–water partition coefficient (Wildman–Crippen LogP) is 1.96. The largest absolute Gasteiger partial charge is 0.308 e. The average molecular weight is 289 g/mol. The van der Waals surface area contributed by atoms with E-state index in [2.05, 4.69) is 5.09 Å². The van der Waals surface area contributed by atoms with Crippen molar-refractivity contribution in [2.45, 2.75) is 25.5 Å². The Morgan fingerprint density at radius 1 is 1.40 bits per heavy atom. The second-order valence-electron chi connectivity index (χ2n) is 3.09. The molecule has 0 spiro atoms. The quantitative estimate of drug-likeness (QED) is 0.508. The summed E-state index contributed by atoms with van der Waals surface area (Å²) in [6.45, 7) is 5.49. The molecule has 0 rings (SSSR count). The second-order valence-corrected chi connectivity index (χ2v) is 11.7. The van der Waals surface area contributed by atoms with Crippen molar-refractivity contribution in [2.75, 3.05) is 5.75 Å². The summed E-state index contributed by atoms with van der Waals surface area (Å²) < 4.78 is 11.1. The van der Waals surface area contributed by atoms with Gasteiger partial charge in [0, 0.05) is 23.1 Å². The van der Waals surface area contributed by atoms with Crippen LogP contribution in [0.5, 0.6) is 0 Å². The van der Waals surface area contributed by atoms with Crippen molar-refractivity contribution in [1.82, 2.24) is 5.09 Å². The average Bonchev–Trinajstić information content (AvgIpc) is 2.17. The number of rotatable bonds is 6. The highest BCUT2D eigenvalue weighted by atomic mass is 33.1. The lowest BCUT2D eigenvalue weighted by molar-refractivity contribution is -0.120. The van der Waals surface area contributed by atoms with Gasteiger partial charge in [-0.1, -0.05) is 6.92 Å². The maximum absolute atomic E-state index is 11.7. The molecule has 0 saturated carbocycles. The molecule has 5 N–H and O–H groups in total. The molecule has 0 unspecified atom stereocenters. The molecule has 1 amide bonds. The molecule has 0 saturated heterocycles. The minimum atomic E-state index is -3.08. The molecule has 0 atom stereocenters. The number of nitrogens with two attached hydrogens (primary N) is 2. The Bertz CT molecular complexity index is 266. The van der Waals surface area contributed by atoms with E-state index in [0.717, 1.165) is 5.75 Å². The molecule has 0 aromatic heterocycles. The lowest BCUT2D eigenvalue weighted by Crippen LogP contribution is -2.37. The number of amides is 1. The normalized spacial score (nSPS) is 12.6. The molecule has 15 heavy (non-hydrogen) atoms. The molecule has 0 bridgehead atoms. The first-order chi connectivity index (χ1) is 6.81. The van der Waals surface area contributed by atoms with Gasteiger partial charge in [0.1, 0.15) is 0 Å². The van der Waals surface area contributed by atoms with Crippen LogP contribution in [0.4, 0.5) is 0 Å². The topological polar surface area (TPSA) is 98.2 Å². The molecule has 0 aliphatic rings. The van der Waals surface area contributed by atoms with Gasteiger partial charge in [-0.05, 0) is 19.6 Å². The molecule has 0 radical (unpaired) electrons. The third kappa shape index (κ3) is 5.01. The Balaban J connectivity index is 4.54. The summed E-state index contributed by atoms with van der Waals surface area (Å²) in [5, 5.41) is 12.8. The molecule has 90 valence electrons. The summed E-state index contributed by atoms with van der Waals surface area (Å²) in [7, 11) is 0. The first kappa shape index (κ1) is 15.7. The molecule has 0 fully saturated rings. The molecular formula is C6H16N3O2PS3. The summed E-state index contributed by atoms with van der Waals surface area (Å²) in [5.74, 6) is 0.490. The fraction of sp³-hybridized carbons (Fsp3) is 0.833. The highest BCUT2D eigenvalue weighted by molar-refractivity contribution is 8.89. The maximum atomic E-state index is 11.7. The molecule has 9 heteroatoms. The summed E-state index contributed by atoms with van der Waals surface area (Å²) in [4.78, 5) is 11.7. The molecule has 5 nitrogen and oxygen atoms in total. The van der Waals surface area contributed by atoms with E-state index in [1.54, 1.807) is 13.8 Å². The molecule has 0 heterocycles. The van der Waals surface area contributed by atoms with Gasteiger partial charge in [0.15, 0.2) is 0 Å². The fourth-order valence-electron chi connectivity index (χ4n) is 0.763. The smallest absolute Gasteiger partial charge is 0.288 e. The van der Waals surface area contributed by atoms with Gasteiger partial charge in [0.2, 0.25) is 5.91 Å². The first-order valence-electron chi connectivity index (χ1n) is 4.15. The van der Waals surface area contributed by atoms with Crippen LogP contribution in [0.2, 0.25) is 0 Å². The van der Waals surface area contributed by atoms with Crippen molar-refractivity contribution < 1.29 is 9.36 Å². The van der Waals surface area contributed by atoms with Crippen LogP contribution in [0.15, 0.2) is 0 Å². The Morgan fingerprint density at radius 3 is 2.20 bits per heavy atom. The maximum Gasteiger partial charge on any atom is 0.308 e. The lowest BCUT2D eigenvalue weighted by atomic mass is 10.2. The van der Waals surface area contributed by atoms with E-state index in [1.165, 1.54) is 11.8 Å². The highest BCUT2D eigenvalue weighted by Gasteiger charge is 2.33. The summed E-state index contributed by atoms with van der Waals surface area (Å²) in [5.41, 5.74) is -3.08. The van der Waals surface area contributed by atoms with Crippen LogP contribution in [-0.2, 0) is 9.36 Å². The minimum Gasteiger partial charge on any atom is -0.288 e. The van der Waals surface area contributed by atoms with E-state index < -0.39 is 10.4 Å². The van der Waals surface area contributed by atoms with Crippen LogP contribution < -0.4 is 15.4 Å². The van der Waals surface area contributed by atoms with Gasteiger partial charge in [-0.25, -0.2) is 0 Å². The Hall–Kier alpha value is 0.670. The Labute approximate surface area is 102 Å². The third-order valence-electron chi connectivity index (χ3n) is 1.57. The summed E-state index contributed by atoms with van der Waals surface area (Å²) >= 11 is 2.64. The van der Waals surface area contributed by atoms with Crippen LogP contribution in [0.25, 0.3) is 0 Å². The van der Waals surface area contributed by atoms with Gasteiger partial charge in [0.25, 0.3) is 0 Å². The molecular weight excluding hydrogens is 273 g/mol. The van der Waals surface area contributed by atoms with Gasteiger partial charge in [-0.2, -0.15) is 0 Å². The van der Waals surface area contributed by atoms with Crippen LogP contribution in [0, 0.1) is 0 Å². The fourth-order valence-corrected chi connectivity index (χ4v) is 3.84. The zero-order valence-corrected chi connectivity index (χ0v) is 12.2. The van der Waals surface area contributed by atoms with Gasteiger partial charge in [-0.15, -0.1) is 11.8 Å². The van der Waals surface area contributed by atoms with Crippen molar-refractivity contribution in [1.29, 1.82) is 0 Å². The zero-order chi connectivity index (χ0) is 12.1. The van der Waals surface area contributed by atoms with E-state index in [4.69, 9.17) is 10.3 Å². The van der Waals surface area contributed by atoms with Gasteiger partial charge in [-0.3, -0.25) is 24.7 Å². The summed E-state index contributed by atoms with van der Waals surface area (Å²) in [6.07, 6.45) is 0. The minimum absolute atomic E-state index is 0.311. The van der Waals surface area contributed by atoms with Crippen LogP contribution >= 0.6 is 40.6 Å². The van der Waals surface area contributed by atoms with Crippen molar-refractivity contribution in [3.8, 4) is 0 Å². The van der Waals surface area contributed by atoms with E-state index >= 15 is 0 Å². The number of carbonyl (C=O) groups is 1. The van der Waals surface area contributed by atoms with Crippen LogP contribution in [-0.4, -0.2) is 16.4 Å². The van der Waals surface area contributed by atoms with E-state index in [9.17, 15) is 9.36 Å². The highest BCUT2D eigenvalue weighted by Crippen LogP contribution is 2.60. The predicted molar refractivity (Wildman–Crippen MR) is 71.5 cm³/mol. The number of hydrogen-bond donors (Lipinski definition) is 3. The van der Waals surface area contributed by atoms with Gasteiger partial charge < -0.3 is 0 Å². The van der Waals surface area contributed by atoms with E-state index in [1.807, 2.05) is 6.92 Å². The lowest BCUT2D eigenvalue weighted by Gasteiger charge is -2.24. The molecule has 0 aliphatic heterocycles. The Morgan fingerprint density at radius 2 is 1.87 bits per heavy atom. The number of thioether (sulfide) groups is 1. The Kier molecular flexibility index (Phi) is 6.70.